The molecule has 0 saturated heterocycles. The Kier molecular flexibility index (Phi) is 7.09. The second-order valence-electron chi connectivity index (χ2n) is 6.90. The number of fused-ring (bicyclic) bond motifs is 1. The van der Waals surface area contributed by atoms with Gasteiger partial charge in [-0.3, -0.25) is 0 Å². The number of halogens is 1. The van der Waals surface area contributed by atoms with Crippen LogP contribution in [0.2, 0.25) is 0 Å². The molecule has 0 fully saturated rings. The summed E-state index contributed by atoms with van der Waals surface area (Å²) in [6, 6.07) is 24.9. The van der Waals surface area contributed by atoms with Gasteiger partial charge in [0.2, 0.25) is 5.95 Å². The van der Waals surface area contributed by atoms with Crippen LogP contribution in [0.1, 0.15) is 12.5 Å². The summed E-state index contributed by atoms with van der Waals surface area (Å²) in [5, 5.41) is 7.49. The van der Waals surface area contributed by atoms with Crippen LogP contribution in [0.25, 0.3) is 10.9 Å². The minimum absolute atomic E-state index is 0. The fourth-order valence-corrected chi connectivity index (χ4v) is 3.96. The lowest BCUT2D eigenvalue weighted by Gasteiger charge is -2.12. The molecule has 31 heavy (non-hydrogen) atoms. The van der Waals surface area contributed by atoms with E-state index in [1.807, 2.05) is 66.7 Å². The Balaban J connectivity index is 0.00000272. The van der Waals surface area contributed by atoms with Crippen molar-refractivity contribution in [2.45, 2.75) is 12.7 Å². The molecule has 4 aromatic rings. The molecule has 0 radical (unpaired) electrons. The van der Waals surface area contributed by atoms with Gasteiger partial charge < -0.3 is 10.6 Å². The molecule has 6 nitrogen and oxygen atoms in total. The Morgan fingerprint density at radius 3 is 2.13 bits per heavy atom. The summed E-state index contributed by atoms with van der Waals surface area (Å²) in [5.41, 5.74) is 3.30. The van der Waals surface area contributed by atoms with E-state index in [4.69, 9.17) is 0 Å². The maximum absolute atomic E-state index is 11.8. The molecule has 3 aromatic carbocycles. The topological polar surface area (TPSA) is 84.0 Å². The van der Waals surface area contributed by atoms with Gasteiger partial charge in [0, 0.05) is 22.5 Å². The summed E-state index contributed by atoms with van der Waals surface area (Å²) in [4.78, 5) is 9.27. The molecule has 1 heterocycles. The van der Waals surface area contributed by atoms with Gasteiger partial charge in [0.1, 0.15) is 5.82 Å². The molecule has 0 aliphatic rings. The van der Waals surface area contributed by atoms with E-state index in [0.717, 1.165) is 27.8 Å². The molecular formula is C23H23ClN4O2S. The van der Waals surface area contributed by atoms with Crippen molar-refractivity contribution in [2.24, 2.45) is 0 Å². The molecule has 2 N–H and O–H groups in total. The Hall–Kier alpha value is -3.16. The summed E-state index contributed by atoms with van der Waals surface area (Å²) in [6.45, 7) is 1.66. The Morgan fingerprint density at radius 2 is 1.42 bits per heavy atom. The Morgan fingerprint density at radius 1 is 0.774 bits per heavy atom. The Labute approximate surface area is 188 Å². The van der Waals surface area contributed by atoms with Gasteiger partial charge >= 0.3 is 0 Å². The zero-order valence-corrected chi connectivity index (χ0v) is 18.6. The third-order valence-electron chi connectivity index (χ3n) is 4.68. The molecule has 8 heteroatoms. The van der Waals surface area contributed by atoms with Gasteiger partial charge in [-0.05, 0) is 42.0 Å². The molecule has 0 unspecified atom stereocenters. The maximum atomic E-state index is 11.8. The van der Waals surface area contributed by atoms with Crippen LogP contribution in [0.3, 0.4) is 0 Å². The number of sulfone groups is 1. The van der Waals surface area contributed by atoms with Crippen molar-refractivity contribution < 1.29 is 8.42 Å². The molecule has 0 aliphatic carbocycles. The van der Waals surface area contributed by atoms with Gasteiger partial charge in [0.05, 0.1) is 11.3 Å². The highest BCUT2D eigenvalue weighted by atomic mass is 35.5. The number of nitrogens with zero attached hydrogens (tertiary/aromatic N) is 2. The maximum Gasteiger partial charge on any atom is 0.229 e. The fourth-order valence-electron chi connectivity index (χ4n) is 3.06. The molecule has 0 bridgehead atoms. The van der Waals surface area contributed by atoms with Crippen molar-refractivity contribution >= 4 is 56.3 Å². The number of hydrogen-bond acceptors (Lipinski definition) is 6. The normalized spacial score (nSPS) is 11.0. The first-order valence-electron chi connectivity index (χ1n) is 9.68. The molecular weight excluding hydrogens is 432 g/mol. The standard InChI is InChI=1S/C23H22N4O2S.ClH/c1-2-30(28,29)16-17-12-14-19(15-13-17)25-23-26-21-11-7-6-10-20(21)22(27-23)24-18-8-4-3-5-9-18;/h3-15H,2,16H2,1H3,(H2,24,25,26,27);1H. The summed E-state index contributed by atoms with van der Waals surface area (Å²) in [6.07, 6.45) is 0. The van der Waals surface area contributed by atoms with Gasteiger partial charge in [-0.15, -0.1) is 12.4 Å². The van der Waals surface area contributed by atoms with Gasteiger partial charge in [-0.1, -0.05) is 49.4 Å². The predicted octanol–water partition coefficient (Wildman–Crippen LogP) is 5.47. The average molecular weight is 455 g/mol. The lowest BCUT2D eigenvalue weighted by Crippen LogP contribution is -2.06. The molecule has 0 atom stereocenters. The summed E-state index contributed by atoms with van der Waals surface area (Å²) in [7, 11) is -3.06. The number of hydrogen-bond donors (Lipinski definition) is 2. The second kappa shape index (κ2) is 9.76. The second-order valence-corrected chi connectivity index (χ2v) is 9.26. The zero-order chi connectivity index (χ0) is 21.0. The van der Waals surface area contributed by atoms with Crippen LogP contribution in [-0.4, -0.2) is 24.1 Å². The lowest BCUT2D eigenvalue weighted by molar-refractivity contribution is 0.596. The largest absolute Gasteiger partial charge is 0.340 e. The van der Waals surface area contributed by atoms with Crippen LogP contribution in [0, 0.1) is 0 Å². The van der Waals surface area contributed by atoms with Crippen LogP contribution < -0.4 is 10.6 Å². The van der Waals surface area contributed by atoms with Crippen LogP contribution >= 0.6 is 12.4 Å². The molecule has 4 rings (SSSR count). The van der Waals surface area contributed by atoms with Gasteiger partial charge in [0.25, 0.3) is 0 Å². The van der Waals surface area contributed by atoms with E-state index in [1.165, 1.54) is 0 Å². The highest BCUT2D eigenvalue weighted by molar-refractivity contribution is 7.90. The Bertz CT molecular complexity index is 1260. The van der Waals surface area contributed by atoms with Crippen molar-refractivity contribution in [1.29, 1.82) is 0 Å². The first-order valence-corrected chi connectivity index (χ1v) is 11.5. The van der Waals surface area contributed by atoms with Crippen LogP contribution in [0.15, 0.2) is 78.9 Å². The number of rotatable bonds is 7. The van der Waals surface area contributed by atoms with Crippen molar-refractivity contribution in [3.8, 4) is 0 Å². The predicted molar refractivity (Wildman–Crippen MR) is 129 cm³/mol. The van der Waals surface area contributed by atoms with Gasteiger partial charge in [-0.25, -0.2) is 13.4 Å². The monoisotopic (exact) mass is 454 g/mol. The molecule has 0 amide bonds. The van der Waals surface area contributed by atoms with Crippen molar-refractivity contribution in [2.75, 3.05) is 16.4 Å². The first kappa shape index (κ1) is 22.5. The molecule has 1 aromatic heterocycles. The minimum Gasteiger partial charge on any atom is -0.340 e. The van der Waals surface area contributed by atoms with E-state index in [2.05, 4.69) is 20.6 Å². The van der Waals surface area contributed by atoms with Crippen LogP contribution in [-0.2, 0) is 15.6 Å². The average Bonchev–Trinajstić information content (AvgIpc) is 2.76. The third kappa shape index (κ3) is 5.71. The van der Waals surface area contributed by atoms with Crippen molar-refractivity contribution in [3.05, 3.63) is 84.4 Å². The SMILES string of the molecule is CCS(=O)(=O)Cc1ccc(Nc2nc(Nc3ccccc3)c3ccccc3n2)cc1.Cl. The number of nitrogens with one attached hydrogen (secondary N) is 2. The number of benzene rings is 3. The summed E-state index contributed by atoms with van der Waals surface area (Å²) >= 11 is 0. The van der Waals surface area contributed by atoms with E-state index in [-0.39, 0.29) is 23.9 Å². The van der Waals surface area contributed by atoms with E-state index >= 15 is 0 Å². The zero-order valence-electron chi connectivity index (χ0n) is 16.9. The number of anilines is 4. The molecule has 0 aliphatic heterocycles. The van der Waals surface area contributed by atoms with E-state index in [1.54, 1.807) is 19.1 Å². The van der Waals surface area contributed by atoms with Crippen LogP contribution in [0.5, 0.6) is 0 Å². The van der Waals surface area contributed by atoms with E-state index in [9.17, 15) is 8.42 Å². The van der Waals surface area contributed by atoms with Crippen molar-refractivity contribution in [3.63, 3.8) is 0 Å². The lowest BCUT2D eigenvalue weighted by atomic mass is 10.2. The summed E-state index contributed by atoms with van der Waals surface area (Å²) < 4.78 is 23.6. The van der Waals surface area contributed by atoms with Crippen molar-refractivity contribution in [1.82, 2.24) is 9.97 Å². The quantitative estimate of drug-likeness (QED) is 0.385. The molecule has 160 valence electrons. The number of para-hydroxylation sites is 2. The third-order valence-corrected chi connectivity index (χ3v) is 6.33. The summed E-state index contributed by atoms with van der Waals surface area (Å²) in [5.74, 6) is 1.34. The van der Waals surface area contributed by atoms with E-state index < -0.39 is 9.84 Å². The molecule has 0 saturated carbocycles. The number of aromatic nitrogens is 2. The van der Waals surface area contributed by atoms with Gasteiger partial charge in [0.15, 0.2) is 9.84 Å². The molecule has 0 spiro atoms. The fraction of sp³-hybridized carbons (Fsp3) is 0.130. The van der Waals surface area contributed by atoms with Crippen LogP contribution in [0.4, 0.5) is 23.1 Å². The smallest absolute Gasteiger partial charge is 0.229 e. The van der Waals surface area contributed by atoms with Gasteiger partial charge in [-0.2, -0.15) is 4.98 Å². The highest BCUT2D eigenvalue weighted by Crippen LogP contribution is 2.26. The first-order chi connectivity index (χ1) is 14.5. The minimum atomic E-state index is -3.06. The van der Waals surface area contributed by atoms with E-state index in [0.29, 0.717) is 11.8 Å². The highest BCUT2D eigenvalue weighted by Gasteiger charge is 2.10.